The highest BCUT2D eigenvalue weighted by Gasteiger charge is 2.34. The molecular formula is C22H24N4O2. The number of rotatable bonds is 6. The lowest BCUT2D eigenvalue weighted by Crippen LogP contribution is -2.20. The van der Waals surface area contributed by atoms with Crippen molar-refractivity contribution in [1.82, 2.24) is 20.3 Å². The summed E-state index contributed by atoms with van der Waals surface area (Å²) in [7, 11) is 1.57. The molecule has 0 saturated heterocycles. The van der Waals surface area contributed by atoms with E-state index in [1.807, 2.05) is 31.2 Å². The Hall–Kier alpha value is -3.02. The number of pyridine rings is 1. The van der Waals surface area contributed by atoms with Gasteiger partial charge < -0.3 is 10.3 Å². The van der Waals surface area contributed by atoms with Crippen LogP contribution in [0.15, 0.2) is 30.3 Å². The fourth-order valence-electron chi connectivity index (χ4n) is 3.68. The first-order valence-electron chi connectivity index (χ1n) is 9.65. The Balaban J connectivity index is 1.69. The molecule has 4 rings (SSSR count). The van der Waals surface area contributed by atoms with Crippen molar-refractivity contribution in [2.24, 2.45) is 11.8 Å². The molecule has 1 aromatic carbocycles. The van der Waals surface area contributed by atoms with E-state index in [0.29, 0.717) is 35.9 Å². The maximum atomic E-state index is 12.7. The molecule has 2 atom stereocenters. The highest BCUT2D eigenvalue weighted by atomic mass is 16.1. The van der Waals surface area contributed by atoms with Gasteiger partial charge in [0.25, 0.3) is 5.91 Å². The molecule has 2 aromatic heterocycles. The second-order valence-electron chi connectivity index (χ2n) is 7.72. The number of Topliss-reactive ketones (excluding diaryl/α,β-unsaturated/α-hetero) is 1. The predicted octanol–water partition coefficient (Wildman–Crippen LogP) is 3.45. The van der Waals surface area contributed by atoms with Crippen molar-refractivity contribution in [1.29, 1.82) is 0 Å². The average Bonchev–Trinajstić information content (AvgIpc) is 3.22. The standard InChI is InChI=1S/C22H24N4O2/c1-12-7-15(12)11-20(27)16-9-17(26-19(10-16)22(28)23-3)8-14-5-4-6-18-21(14)25-13(2)24-18/h4-6,9-10,12,15H,7-8,11H2,1-3H3,(H,23,28)(H,24,25)/t12-,15+/m0/s1. The van der Waals surface area contributed by atoms with Gasteiger partial charge in [-0.25, -0.2) is 9.97 Å². The van der Waals surface area contributed by atoms with Gasteiger partial charge in [0, 0.05) is 31.1 Å². The highest BCUT2D eigenvalue weighted by molar-refractivity contribution is 6.00. The summed E-state index contributed by atoms with van der Waals surface area (Å²) in [5.74, 6) is 1.72. The molecule has 0 aliphatic heterocycles. The van der Waals surface area contributed by atoms with Crippen molar-refractivity contribution < 1.29 is 9.59 Å². The molecule has 0 radical (unpaired) electrons. The number of hydrogen-bond acceptors (Lipinski definition) is 4. The third-order valence-electron chi connectivity index (χ3n) is 5.47. The summed E-state index contributed by atoms with van der Waals surface area (Å²) in [6, 6.07) is 9.39. The number of nitrogens with one attached hydrogen (secondary N) is 2. The molecule has 144 valence electrons. The van der Waals surface area contributed by atoms with E-state index >= 15 is 0 Å². The molecule has 28 heavy (non-hydrogen) atoms. The number of fused-ring (bicyclic) bond motifs is 1. The summed E-state index contributed by atoms with van der Waals surface area (Å²) in [6.45, 7) is 4.09. The van der Waals surface area contributed by atoms with E-state index in [0.717, 1.165) is 28.8 Å². The summed E-state index contributed by atoms with van der Waals surface area (Å²) >= 11 is 0. The third kappa shape index (κ3) is 3.67. The molecule has 6 nitrogen and oxygen atoms in total. The number of aromatic amines is 1. The fourth-order valence-corrected chi connectivity index (χ4v) is 3.68. The molecule has 0 spiro atoms. The Kier molecular flexibility index (Phi) is 4.71. The number of benzene rings is 1. The third-order valence-corrected chi connectivity index (χ3v) is 5.47. The highest BCUT2D eigenvalue weighted by Crippen LogP contribution is 2.41. The molecule has 6 heteroatoms. The van der Waals surface area contributed by atoms with Gasteiger partial charge >= 0.3 is 0 Å². The Bertz CT molecular complexity index is 1070. The van der Waals surface area contributed by atoms with Gasteiger partial charge in [0.15, 0.2) is 5.78 Å². The zero-order valence-electron chi connectivity index (χ0n) is 16.4. The van der Waals surface area contributed by atoms with Crippen LogP contribution in [0.25, 0.3) is 11.0 Å². The maximum absolute atomic E-state index is 12.7. The number of carbonyl (C=O) groups is 2. The van der Waals surface area contributed by atoms with Crippen LogP contribution in [0.2, 0.25) is 0 Å². The monoisotopic (exact) mass is 376 g/mol. The number of H-pyrrole nitrogens is 1. The minimum Gasteiger partial charge on any atom is -0.354 e. The van der Waals surface area contributed by atoms with Gasteiger partial charge in [-0.2, -0.15) is 0 Å². The molecule has 2 heterocycles. The number of hydrogen-bond donors (Lipinski definition) is 2. The van der Waals surface area contributed by atoms with Crippen LogP contribution in [0.5, 0.6) is 0 Å². The SMILES string of the molecule is CNC(=O)c1cc(C(=O)C[C@H]2C[C@@H]2C)cc(Cc2cccc3[nH]c(C)nc23)n1. The van der Waals surface area contributed by atoms with Crippen molar-refractivity contribution in [3.8, 4) is 0 Å². The van der Waals surface area contributed by atoms with E-state index in [2.05, 4.69) is 27.2 Å². The van der Waals surface area contributed by atoms with Gasteiger partial charge in [-0.05, 0) is 48.9 Å². The summed E-state index contributed by atoms with van der Waals surface area (Å²) in [5, 5.41) is 2.60. The molecule has 1 saturated carbocycles. The Labute approximate surface area is 163 Å². The number of amides is 1. The van der Waals surface area contributed by atoms with Crippen LogP contribution in [0.3, 0.4) is 0 Å². The van der Waals surface area contributed by atoms with Gasteiger partial charge in [-0.15, -0.1) is 0 Å². The second-order valence-corrected chi connectivity index (χ2v) is 7.72. The minimum atomic E-state index is -0.287. The van der Waals surface area contributed by atoms with Gasteiger partial charge in [-0.1, -0.05) is 19.1 Å². The molecular weight excluding hydrogens is 352 g/mol. The van der Waals surface area contributed by atoms with Crippen LogP contribution in [0.4, 0.5) is 0 Å². The van der Waals surface area contributed by atoms with Crippen LogP contribution in [-0.4, -0.2) is 33.7 Å². The number of aryl methyl sites for hydroxylation is 1. The normalized spacial score (nSPS) is 18.2. The Morgan fingerprint density at radius 2 is 2.04 bits per heavy atom. The molecule has 2 N–H and O–H groups in total. The van der Waals surface area contributed by atoms with Crippen LogP contribution in [-0.2, 0) is 6.42 Å². The van der Waals surface area contributed by atoms with Gasteiger partial charge in [0.1, 0.15) is 11.5 Å². The maximum Gasteiger partial charge on any atom is 0.269 e. The summed E-state index contributed by atoms with van der Waals surface area (Å²) in [5.41, 5.74) is 4.41. The van der Waals surface area contributed by atoms with Gasteiger partial charge in [-0.3, -0.25) is 9.59 Å². The molecule has 1 aliphatic carbocycles. The molecule has 1 amide bonds. The van der Waals surface area contributed by atoms with E-state index in [4.69, 9.17) is 0 Å². The van der Waals surface area contributed by atoms with E-state index in [-0.39, 0.29) is 17.4 Å². The molecule has 0 bridgehead atoms. The van der Waals surface area contributed by atoms with Crippen LogP contribution >= 0.6 is 0 Å². The van der Waals surface area contributed by atoms with Crippen molar-refractivity contribution in [3.63, 3.8) is 0 Å². The van der Waals surface area contributed by atoms with Crippen LogP contribution in [0.1, 0.15) is 57.7 Å². The first-order chi connectivity index (χ1) is 13.4. The molecule has 1 fully saturated rings. The summed E-state index contributed by atoms with van der Waals surface area (Å²) in [4.78, 5) is 37.2. The van der Waals surface area contributed by atoms with Gasteiger partial charge in [0.2, 0.25) is 0 Å². The summed E-state index contributed by atoms with van der Waals surface area (Å²) < 4.78 is 0. The smallest absolute Gasteiger partial charge is 0.269 e. The fraction of sp³-hybridized carbons (Fsp3) is 0.364. The number of nitrogens with zero attached hydrogens (tertiary/aromatic N) is 2. The van der Waals surface area contributed by atoms with E-state index in [1.165, 1.54) is 0 Å². The molecule has 0 unspecified atom stereocenters. The van der Waals surface area contributed by atoms with Gasteiger partial charge in [0.05, 0.1) is 11.0 Å². The molecule has 3 aromatic rings. The quantitative estimate of drug-likeness (QED) is 0.645. The summed E-state index contributed by atoms with van der Waals surface area (Å²) in [6.07, 6.45) is 2.14. The first-order valence-corrected chi connectivity index (χ1v) is 9.65. The zero-order valence-corrected chi connectivity index (χ0v) is 16.4. The number of para-hydroxylation sites is 1. The topological polar surface area (TPSA) is 87.7 Å². The van der Waals surface area contributed by atoms with E-state index in [9.17, 15) is 9.59 Å². The largest absolute Gasteiger partial charge is 0.354 e. The van der Waals surface area contributed by atoms with E-state index < -0.39 is 0 Å². The Morgan fingerprint density at radius 1 is 1.25 bits per heavy atom. The van der Waals surface area contributed by atoms with Crippen molar-refractivity contribution in [2.45, 2.75) is 33.1 Å². The minimum absolute atomic E-state index is 0.0805. The van der Waals surface area contributed by atoms with Crippen molar-refractivity contribution in [3.05, 3.63) is 58.7 Å². The number of carbonyl (C=O) groups excluding carboxylic acids is 2. The number of imidazole rings is 1. The lowest BCUT2D eigenvalue weighted by Gasteiger charge is -2.09. The van der Waals surface area contributed by atoms with Crippen molar-refractivity contribution in [2.75, 3.05) is 7.05 Å². The zero-order chi connectivity index (χ0) is 19.8. The number of aromatic nitrogens is 3. The lowest BCUT2D eigenvalue weighted by atomic mass is 10.0. The first kappa shape index (κ1) is 18.3. The Morgan fingerprint density at radius 3 is 2.75 bits per heavy atom. The predicted molar refractivity (Wildman–Crippen MR) is 107 cm³/mol. The molecule has 1 aliphatic rings. The lowest BCUT2D eigenvalue weighted by molar-refractivity contribution is 0.0958. The van der Waals surface area contributed by atoms with Crippen molar-refractivity contribution >= 4 is 22.7 Å². The average molecular weight is 376 g/mol. The number of ketones is 1. The van der Waals surface area contributed by atoms with E-state index in [1.54, 1.807) is 13.1 Å². The second kappa shape index (κ2) is 7.19. The van der Waals surface area contributed by atoms with Crippen LogP contribution < -0.4 is 5.32 Å². The van der Waals surface area contributed by atoms with Crippen LogP contribution in [0, 0.1) is 18.8 Å².